The summed E-state index contributed by atoms with van der Waals surface area (Å²) < 4.78 is 0. The first kappa shape index (κ1) is 13.1. The predicted octanol–water partition coefficient (Wildman–Crippen LogP) is -0.107. The fourth-order valence-corrected chi connectivity index (χ4v) is 1.89. The second kappa shape index (κ2) is 5.50. The number of nitrogens with one attached hydrogen (secondary N) is 3. The first-order valence-corrected chi connectivity index (χ1v) is 5.92. The molecule has 0 aliphatic carbocycles. The van der Waals surface area contributed by atoms with Gasteiger partial charge in [0, 0.05) is 6.54 Å². The first-order valence-electron chi connectivity index (χ1n) is 5.92. The van der Waals surface area contributed by atoms with E-state index in [4.69, 9.17) is 5.26 Å². The van der Waals surface area contributed by atoms with E-state index in [2.05, 4.69) is 22.0 Å². The third kappa shape index (κ3) is 2.89. The lowest BCUT2D eigenvalue weighted by Crippen LogP contribution is -2.56. The van der Waals surface area contributed by atoms with Gasteiger partial charge in [0.1, 0.15) is 12.1 Å². The zero-order valence-corrected chi connectivity index (χ0v) is 10.5. The fourth-order valence-electron chi connectivity index (χ4n) is 1.89. The van der Waals surface area contributed by atoms with Crippen molar-refractivity contribution in [3.8, 4) is 6.07 Å². The minimum Gasteiger partial charge on any atom is -0.353 e. The van der Waals surface area contributed by atoms with Gasteiger partial charge in [-0.25, -0.2) is 0 Å². The Labute approximate surface area is 110 Å². The topological polar surface area (TPSA) is 94.0 Å². The molecule has 6 nitrogen and oxygen atoms in total. The van der Waals surface area contributed by atoms with E-state index in [-0.39, 0.29) is 24.9 Å². The molecular weight excluding hydrogens is 244 g/mol. The molecule has 1 aliphatic heterocycles. The van der Waals surface area contributed by atoms with Crippen molar-refractivity contribution in [2.75, 3.05) is 18.4 Å². The van der Waals surface area contributed by atoms with Gasteiger partial charge in [0.2, 0.25) is 11.8 Å². The number of piperazine rings is 1. The molecule has 0 saturated carbocycles. The van der Waals surface area contributed by atoms with Crippen LogP contribution in [0.5, 0.6) is 0 Å². The van der Waals surface area contributed by atoms with E-state index in [0.717, 1.165) is 5.56 Å². The number of anilines is 1. The molecule has 1 heterocycles. The maximum absolute atomic E-state index is 12.0. The van der Waals surface area contributed by atoms with E-state index < -0.39 is 6.04 Å². The van der Waals surface area contributed by atoms with Crippen LogP contribution in [0.25, 0.3) is 0 Å². The van der Waals surface area contributed by atoms with E-state index in [0.29, 0.717) is 11.3 Å². The number of nitriles is 1. The lowest BCUT2D eigenvalue weighted by Gasteiger charge is -2.23. The standard InChI is InChI=1S/C13H14N4O2/c1-8-3-2-4-10(9(8)5-14)17-13(19)11-6-16-12(18)7-15-11/h2-4,11,15H,6-7H2,1H3,(H,16,18)(H,17,19). The van der Waals surface area contributed by atoms with Gasteiger partial charge in [-0.2, -0.15) is 5.26 Å². The molecule has 2 rings (SSSR count). The zero-order chi connectivity index (χ0) is 13.8. The first-order chi connectivity index (χ1) is 9.11. The van der Waals surface area contributed by atoms with Gasteiger partial charge in [-0.1, -0.05) is 12.1 Å². The van der Waals surface area contributed by atoms with E-state index in [1.165, 1.54) is 0 Å². The third-order valence-corrected chi connectivity index (χ3v) is 2.97. The molecule has 1 aromatic carbocycles. The molecule has 1 aromatic rings. The van der Waals surface area contributed by atoms with E-state index in [9.17, 15) is 9.59 Å². The van der Waals surface area contributed by atoms with Gasteiger partial charge in [0.25, 0.3) is 0 Å². The van der Waals surface area contributed by atoms with Gasteiger partial charge in [-0.05, 0) is 18.6 Å². The summed E-state index contributed by atoms with van der Waals surface area (Å²) >= 11 is 0. The van der Waals surface area contributed by atoms with E-state index in [1.54, 1.807) is 12.1 Å². The molecule has 1 aliphatic rings. The number of aryl methyl sites for hydroxylation is 1. The van der Waals surface area contributed by atoms with Crippen LogP contribution >= 0.6 is 0 Å². The average molecular weight is 258 g/mol. The molecule has 0 spiro atoms. The molecule has 2 amide bonds. The van der Waals surface area contributed by atoms with Crippen molar-refractivity contribution in [3.05, 3.63) is 29.3 Å². The fraction of sp³-hybridized carbons (Fsp3) is 0.308. The number of benzene rings is 1. The second-order valence-corrected chi connectivity index (χ2v) is 4.34. The van der Waals surface area contributed by atoms with Gasteiger partial charge in [0.05, 0.1) is 17.8 Å². The molecule has 6 heteroatoms. The highest BCUT2D eigenvalue weighted by Gasteiger charge is 2.24. The number of nitrogens with zero attached hydrogens (tertiary/aromatic N) is 1. The van der Waals surface area contributed by atoms with Gasteiger partial charge in [0.15, 0.2) is 0 Å². The highest BCUT2D eigenvalue weighted by atomic mass is 16.2. The molecule has 1 fully saturated rings. The summed E-state index contributed by atoms with van der Waals surface area (Å²) in [5, 5.41) is 17.2. The van der Waals surface area contributed by atoms with Gasteiger partial charge in [-0.3, -0.25) is 14.9 Å². The summed E-state index contributed by atoms with van der Waals surface area (Å²) in [5.74, 6) is -0.389. The van der Waals surface area contributed by atoms with Crippen LogP contribution in [0, 0.1) is 18.3 Å². The molecule has 0 aromatic heterocycles. The van der Waals surface area contributed by atoms with Crippen molar-refractivity contribution in [2.45, 2.75) is 13.0 Å². The van der Waals surface area contributed by atoms with Crippen LogP contribution < -0.4 is 16.0 Å². The molecule has 1 atom stereocenters. The van der Waals surface area contributed by atoms with Gasteiger partial charge >= 0.3 is 0 Å². The van der Waals surface area contributed by atoms with E-state index in [1.807, 2.05) is 13.0 Å². The summed E-state index contributed by atoms with van der Waals surface area (Å²) in [6.07, 6.45) is 0. The number of carbonyl (C=O) groups excluding carboxylic acids is 2. The highest BCUT2D eigenvalue weighted by molar-refractivity contribution is 5.97. The normalized spacial score (nSPS) is 18.3. The van der Waals surface area contributed by atoms with Gasteiger partial charge < -0.3 is 10.6 Å². The lowest BCUT2D eigenvalue weighted by atomic mass is 10.1. The Morgan fingerprint density at radius 3 is 2.95 bits per heavy atom. The van der Waals surface area contributed by atoms with Crippen molar-refractivity contribution in [2.24, 2.45) is 0 Å². The summed E-state index contributed by atoms with van der Waals surface area (Å²) in [6, 6.07) is 6.87. The quantitative estimate of drug-likeness (QED) is 0.690. The molecular formula is C13H14N4O2. The molecule has 0 radical (unpaired) electrons. The van der Waals surface area contributed by atoms with Crippen molar-refractivity contribution in [3.63, 3.8) is 0 Å². The molecule has 3 N–H and O–H groups in total. The molecule has 1 unspecified atom stereocenters. The van der Waals surface area contributed by atoms with Crippen LogP contribution in [0.4, 0.5) is 5.69 Å². The SMILES string of the molecule is Cc1cccc(NC(=O)C2CNC(=O)CN2)c1C#N. The maximum atomic E-state index is 12.0. The van der Waals surface area contributed by atoms with Crippen molar-refractivity contribution >= 4 is 17.5 Å². The summed E-state index contributed by atoms with van der Waals surface area (Å²) in [6.45, 7) is 2.18. The highest BCUT2D eigenvalue weighted by Crippen LogP contribution is 2.18. The summed E-state index contributed by atoms with van der Waals surface area (Å²) in [5.41, 5.74) is 1.76. The molecule has 19 heavy (non-hydrogen) atoms. The minimum atomic E-state index is -0.482. The van der Waals surface area contributed by atoms with Crippen LogP contribution in [-0.4, -0.2) is 30.9 Å². The second-order valence-electron chi connectivity index (χ2n) is 4.34. The number of amides is 2. The van der Waals surface area contributed by atoms with Crippen LogP contribution in [-0.2, 0) is 9.59 Å². The molecule has 0 bridgehead atoms. The largest absolute Gasteiger partial charge is 0.353 e. The number of carbonyl (C=O) groups is 2. The van der Waals surface area contributed by atoms with Crippen LogP contribution in [0.3, 0.4) is 0 Å². The summed E-state index contributed by atoms with van der Waals surface area (Å²) in [4.78, 5) is 23.0. The predicted molar refractivity (Wildman–Crippen MR) is 69.3 cm³/mol. The minimum absolute atomic E-state index is 0.122. The number of hydrogen-bond acceptors (Lipinski definition) is 4. The molecule has 98 valence electrons. The zero-order valence-electron chi connectivity index (χ0n) is 10.5. The van der Waals surface area contributed by atoms with Crippen molar-refractivity contribution in [1.29, 1.82) is 5.26 Å². The number of hydrogen-bond donors (Lipinski definition) is 3. The Morgan fingerprint density at radius 2 is 2.32 bits per heavy atom. The number of rotatable bonds is 2. The Bertz CT molecular complexity index is 552. The monoisotopic (exact) mass is 258 g/mol. The lowest BCUT2D eigenvalue weighted by molar-refractivity contribution is -0.124. The average Bonchev–Trinajstić information content (AvgIpc) is 2.39. The van der Waals surface area contributed by atoms with Crippen LogP contribution in [0.15, 0.2) is 18.2 Å². The van der Waals surface area contributed by atoms with E-state index >= 15 is 0 Å². The summed E-state index contributed by atoms with van der Waals surface area (Å²) in [7, 11) is 0. The van der Waals surface area contributed by atoms with Crippen LogP contribution in [0.2, 0.25) is 0 Å². The van der Waals surface area contributed by atoms with Crippen molar-refractivity contribution in [1.82, 2.24) is 10.6 Å². The smallest absolute Gasteiger partial charge is 0.243 e. The van der Waals surface area contributed by atoms with Crippen molar-refractivity contribution < 1.29 is 9.59 Å². The third-order valence-electron chi connectivity index (χ3n) is 2.97. The molecule has 1 saturated heterocycles. The Morgan fingerprint density at radius 1 is 1.53 bits per heavy atom. The Hall–Kier alpha value is -2.39. The Balaban J connectivity index is 2.09. The van der Waals surface area contributed by atoms with Gasteiger partial charge in [-0.15, -0.1) is 0 Å². The Kier molecular flexibility index (Phi) is 3.78. The van der Waals surface area contributed by atoms with Crippen LogP contribution in [0.1, 0.15) is 11.1 Å². The maximum Gasteiger partial charge on any atom is 0.243 e.